The van der Waals surface area contributed by atoms with E-state index in [0.29, 0.717) is 12.0 Å². The highest BCUT2D eigenvalue weighted by Crippen LogP contribution is 2.25. The number of benzene rings is 1. The van der Waals surface area contributed by atoms with Crippen molar-refractivity contribution in [1.29, 1.82) is 0 Å². The second kappa shape index (κ2) is 7.35. The summed E-state index contributed by atoms with van der Waals surface area (Å²) in [5.41, 5.74) is 2.84. The highest BCUT2D eigenvalue weighted by Gasteiger charge is 2.15. The summed E-state index contributed by atoms with van der Waals surface area (Å²) >= 11 is 2.14. The third kappa shape index (κ3) is 4.54. The van der Waals surface area contributed by atoms with Gasteiger partial charge in [-0.1, -0.05) is 44.5 Å². The fourth-order valence-corrected chi connectivity index (χ4v) is 3.82. The quantitative estimate of drug-likeness (QED) is 0.834. The minimum atomic E-state index is 0.462. The first kappa shape index (κ1) is 14.9. The Hall–Kier alpha value is -0.470. The predicted molar refractivity (Wildman–Crippen MR) is 87.0 cm³/mol. The third-order valence-electron chi connectivity index (χ3n) is 4.03. The molecule has 0 aromatic heterocycles. The molecule has 2 atom stereocenters. The second-order valence-corrected chi connectivity index (χ2v) is 7.35. The van der Waals surface area contributed by atoms with Crippen LogP contribution in [0, 0.1) is 0 Å². The lowest BCUT2D eigenvalue weighted by Crippen LogP contribution is -2.29. The predicted octanol–water partition coefficient (Wildman–Crippen LogP) is 4.75. The van der Waals surface area contributed by atoms with Gasteiger partial charge in [-0.3, -0.25) is 0 Å². The number of nitrogens with one attached hydrogen (secondary N) is 1. The minimum absolute atomic E-state index is 0.462. The summed E-state index contributed by atoms with van der Waals surface area (Å²) in [4.78, 5) is 0. The molecule has 2 rings (SSSR count). The molecular weight excluding hydrogens is 250 g/mol. The number of thioether (sulfide) groups is 1. The van der Waals surface area contributed by atoms with Gasteiger partial charge in [-0.15, -0.1) is 0 Å². The zero-order chi connectivity index (χ0) is 13.7. The van der Waals surface area contributed by atoms with Crippen LogP contribution in [-0.4, -0.2) is 17.5 Å². The lowest BCUT2D eigenvalue weighted by molar-refractivity contribution is 0.538. The van der Waals surface area contributed by atoms with Crippen LogP contribution in [0.1, 0.15) is 63.1 Å². The summed E-state index contributed by atoms with van der Waals surface area (Å²) < 4.78 is 0. The topological polar surface area (TPSA) is 12.0 Å². The summed E-state index contributed by atoms with van der Waals surface area (Å²) in [5.74, 6) is 1.97. The van der Waals surface area contributed by atoms with Gasteiger partial charge in [-0.2, -0.15) is 11.8 Å². The van der Waals surface area contributed by atoms with Crippen LogP contribution < -0.4 is 5.32 Å². The van der Waals surface area contributed by atoms with Gasteiger partial charge in [0.05, 0.1) is 0 Å². The molecule has 106 valence electrons. The fraction of sp³-hybridized carbons (Fsp3) is 0.647. The maximum absolute atomic E-state index is 3.70. The summed E-state index contributed by atoms with van der Waals surface area (Å²) in [6, 6.07) is 9.56. The Labute approximate surface area is 122 Å². The molecule has 1 saturated heterocycles. The van der Waals surface area contributed by atoms with Crippen molar-refractivity contribution in [1.82, 2.24) is 5.32 Å². The molecule has 2 unspecified atom stereocenters. The molecule has 1 nitrogen and oxygen atoms in total. The zero-order valence-corrected chi connectivity index (χ0v) is 13.3. The molecule has 19 heavy (non-hydrogen) atoms. The Balaban J connectivity index is 1.83. The van der Waals surface area contributed by atoms with Crippen molar-refractivity contribution in [3.05, 3.63) is 35.4 Å². The van der Waals surface area contributed by atoms with Crippen LogP contribution in [0.2, 0.25) is 0 Å². The van der Waals surface area contributed by atoms with Gasteiger partial charge in [0.1, 0.15) is 0 Å². The van der Waals surface area contributed by atoms with Gasteiger partial charge < -0.3 is 5.32 Å². The van der Waals surface area contributed by atoms with Gasteiger partial charge in [0.2, 0.25) is 0 Å². The summed E-state index contributed by atoms with van der Waals surface area (Å²) in [6.45, 7) is 7.92. The molecule has 1 heterocycles. The van der Waals surface area contributed by atoms with Gasteiger partial charge in [0.15, 0.2) is 0 Å². The van der Waals surface area contributed by atoms with E-state index in [0.717, 1.165) is 11.8 Å². The SMILES string of the molecule is CC(C)c1ccc(C(C)NCC2CCCCS2)cc1. The van der Waals surface area contributed by atoms with Crippen molar-refractivity contribution in [2.24, 2.45) is 0 Å². The highest BCUT2D eigenvalue weighted by atomic mass is 32.2. The molecule has 1 aromatic carbocycles. The molecule has 1 aromatic rings. The van der Waals surface area contributed by atoms with E-state index in [-0.39, 0.29) is 0 Å². The van der Waals surface area contributed by atoms with E-state index in [2.05, 4.69) is 62.1 Å². The van der Waals surface area contributed by atoms with Crippen LogP contribution in [-0.2, 0) is 0 Å². The Bertz CT molecular complexity index is 365. The molecule has 1 aliphatic heterocycles. The first-order valence-corrected chi connectivity index (χ1v) is 8.66. The Kier molecular flexibility index (Phi) is 5.77. The van der Waals surface area contributed by atoms with Crippen LogP contribution in [0.15, 0.2) is 24.3 Å². The molecule has 0 amide bonds. The van der Waals surface area contributed by atoms with E-state index >= 15 is 0 Å². The second-order valence-electron chi connectivity index (χ2n) is 5.94. The largest absolute Gasteiger partial charge is 0.309 e. The van der Waals surface area contributed by atoms with E-state index in [1.807, 2.05) is 0 Å². The van der Waals surface area contributed by atoms with Crippen LogP contribution in [0.5, 0.6) is 0 Å². The molecule has 1 N–H and O–H groups in total. The normalized spacial score (nSPS) is 21.6. The van der Waals surface area contributed by atoms with Crippen molar-refractivity contribution < 1.29 is 0 Å². The van der Waals surface area contributed by atoms with E-state index in [1.54, 1.807) is 0 Å². The van der Waals surface area contributed by atoms with E-state index in [4.69, 9.17) is 0 Å². The van der Waals surface area contributed by atoms with Crippen LogP contribution >= 0.6 is 11.8 Å². The minimum Gasteiger partial charge on any atom is -0.309 e. The van der Waals surface area contributed by atoms with Crippen molar-refractivity contribution in [3.63, 3.8) is 0 Å². The zero-order valence-electron chi connectivity index (χ0n) is 12.5. The summed E-state index contributed by atoms with van der Waals surface area (Å²) in [5, 5.41) is 4.52. The number of rotatable bonds is 5. The lowest BCUT2D eigenvalue weighted by atomic mass is 9.99. The Morgan fingerprint density at radius 2 is 1.79 bits per heavy atom. The van der Waals surface area contributed by atoms with E-state index < -0.39 is 0 Å². The fourth-order valence-electron chi connectivity index (χ4n) is 2.56. The maximum atomic E-state index is 3.70. The van der Waals surface area contributed by atoms with E-state index in [9.17, 15) is 0 Å². The van der Waals surface area contributed by atoms with Gasteiger partial charge >= 0.3 is 0 Å². The van der Waals surface area contributed by atoms with Crippen molar-refractivity contribution in [3.8, 4) is 0 Å². The summed E-state index contributed by atoms with van der Waals surface area (Å²) in [7, 11) is 0. The molecule has 1 aliphatic rings. The van der Waals surface area contributed by atoms with Crippen molar-refractivity contribution in [2.45, 2.75) is 57.2 Å². The van der Waals surface area contributed by atoms with Gasteiger partial charge in [-0.25, -0.2) is 0 Å². The van der Waals surface area contributed by atoms with Crippen molar-refractivity contribution >= 4 is 11.8 Å². The van der Waals surface area contributed by atoms with Crippen LogP contribution in [0.25, 0.3) is 0 Å². The summed E-state index contributed by atoms with van der Waals surface area (Å²) in [6.07, 6.45) is 4.21. The molecular formula is C17H27NS. The van der Waals surface area contributed by atoms with Crippen LogP contribution in [0.3, 0.4) is 0 Å². The first-order chi connectivity index (χ1) is 9.16. The highest BCUT2D eigenvalue weighted by molar-refractivity contribution is 7.99. The van der Waals surface area contributed by atoms with Crippen molar-refractivity contribution in [2.75, 3.05) is 12.3 Å². The third-order valence-corrected chi connectivity index (χ3v) is 5.43. The number of hydrogen-bond donors (Lipinski definition) is 1. The lowest BCUT2D eigenvalue weighted by Gasteiger charge is -2.24. The monoisotopic (exact) mass is 277 g/mol. The number of hydrogen-bond acceptors (Lipinski definition) is 2. The molecule has 0 spiro atoms. The standard InChI is InChI=1S/C17H27NS/c1-13(2)15-7-9-16(10-8-15)14(3)18-12-17-6-4-5-11-19-17/h7-10,13-14,17-18H,4-6,11-12H2,1-3H3. The van der Waals surface area contributed by atoms with E-state index in [1.165, 1.54) is 36.1 Å². The molecule has 0 bridgehead atoms. The average molecular weight is 277 g/mol. The smallest absolute Gasteiger partial charge is 0.0292 e. The van der Waals surface area contributed by atoms with Gasteiger partial charge in [0, 0.05) is 17.8 Å². The molecule has 2 heteroatoms. The first-order valence-electron chi connectivity index (χ1n) is 7.61. The molecule has 1 fully saturated rings. The molecule has 0 radical (unpaired) electrons. The van der Waals surface area contributed by atoms with Gasteiger partial charge in [-0.05, 0) is 42.6 Å². The molecule has 0 saturated carbocycles. The Morgan fingerprint density at radius 3 is 2.37 bits per heavy atom. The Morgan fingerprint density at radius 1 is 1.11 bits per heavy atom. The molecule has 0 aliphatic carbocycles. The van der Waals surface area contributed by atoms with Crippen LogP contribution in [0.4, 0.5) is 0 Å². The average Bonchev–Trinajstić information content (AvgIpc) is 2.46. The maximum Gasteiger partial charge on any atom is 0.0292 e. The van der Waals surface area contributed by atoms with Gasteiger partial charge in [0.25, 0.3) is 0 Å².